The fourth-order valence-electron chi connectivity index (χ4n) is 1.35. The number of aromatic nitrogens is 2. The minimum atomic E-state index is -1.16. The summed E-state index contributed by atoms with van der Waals surface area (Å²) in [6, 6.07) is 6.77. The van der Waals surface area contributed by atoms with E-state index in [1.807, 2.05) is 19.1 Å². The third-order valence-electron chi connectivity index (χ3n) is 2.23. The largest absolute Gasteiger partial charge is 0.476 e. The number of aromatic carboxylic acids is 1. The molecular formula is C12H10ClN3O2. The molecule has 5 nitrogen and oxygen atoms in total. The second-order valence-electron chi connectivity index (χ2n) is 3.65. The zero-order chi connectivity index (χ0) is 13.1. The number of halogens is 1. The minimum absolute atomic E-state index is 0.107. The molecule has 2 N–H and O–H groups in total. The van der Waals surface area contributed by atoms with Crippen LogP contribution in [0.3, 0.4) is 0 Å². The third-order valence-corrected chi connectivity index (χ3v) is 2.54. The number of carbonyl (C=O) groups is 1. The van der Waals surface area contributed by atoms with Gasteiger partial charge in [0.15, 0.2) is 5.69 Å². The second kappa shape index (κ2) is 5.01. The molecule has 0 radical (unpaired) electrons. The quantitative estimate of drug-likeness (QED) is 0.891. The maximum atomic E-state index is 10.9. The van der Waals surface area contributed by atoms with Crippen LogP contribution in [0.2, 0.25) is 5.02 Å². The van der Waals surface area contributed by atoms with Crippen molar-refractivity contribution in [3.05, 3.63) is 46.9 Å². The first-order chi connectivity index (χ1) is 8.56. The van der Waals surface area contributed by atoms with E-state index in [1.165, 1.54) is 6.07 Å². The maximum Gasteiger partial charge on any atom is 0.356 e. The van der Waals surface area contributed by atoms with E-state index < -0.39 is 5.97 Å². The van der Waals surface area contributed by atoms with Crippen LogP contribution in [-0.4, -0.2) is 21.0 Å². The van der Waals surface area contributed by atoms with Gasteiger partial charge in [0.2, 0.25) is 0 Å². The smallest absolute Gasteiger partial charge is 0.356 e. The summed E-state index contributed by atoms with van der Waals surface area (Å²) >= 11 is 5.73. The van der Waals surface area contributed by atoms with Gasteiger partial charge in [-0.2, -0.15) is 0 Å². The SMILES string of the molecule is Cc1ccc(Nc2ccc(Cl)c(C(=O)O)n2)cn1. The van der Waals surface area contributed by atoms with Gasteiger partial charge in [-0.05, 0) is 31.2 Å². The predicted molar refractivity (Wildman–Crippen MR) is 68.5 cm³/mol. The fourth-order valence-corrected chi connectivity index (χ4v) is 1.54. The zero-order valence-electron chi connectivity index (χ0n) is 9.51. The Balaban J connectivity index is 2.27. The van der Waals surface area contributed by atoms with Gasteiger partial charge in [-0.1, -0.05) is 11.6 Å². The number of nitrogens with one attached hydrogen (secondary N) is 1. The van der Waals surface area contributed by atoms with E-state index in [0.29, 0.717) is 5.82 Å². The van der Waals surface area contributed by atoms with Crippen molar-refractivity contribution in [2.24, 2.45) is 0 Å². The highest BCUT2D eigenvalue weighted by atomic mass is 35.5. The molecule has 0 saturated heterocycles. The lowest BCUT2D eigenvalue weighted by molar-refractivity contribution is 0.0691. The van der Waals surface area contributed by atoms with Crippen molar-refractivity contribution in [1.29, 1.82) is 0 Å². The monoisotopic (exact) mass is 263 g/mol. The number of pyridine rings is 2. The topological polar surface area (TPSA) is 75.1 Å². The highest BCUT2D eigenvalue weighted by Gasteiger charge is 2.11. The van der Waals surface area contributed by atoms with Crippen LogP contribution in [0.5, 0.6) is 0 Å². The third kappa shape index (κ3) is 2.75. The molecule has 0 saturated carbocycles. The van der Waals surface area contributed by atoms with Gasteiger partial charge >= 0.3 is 5.97 Å². The van der Waals surface area contributed by atoms with Crippen LogP contribution in [0.1, 0.15) is 16.2 Å². The number of hydrogen-bond donors (Lipinski definition) is 2. The molecule has 0 amide bonds. The predicted octanol–water partition coefficient (Wildman–Crippen LogP) is 2.88. The van der Waals surface area contributed by atoms with Crippen LogP contribution in [-0.2, 0) is 0 Å². The van der Waals surface area contributed by atoms with Crippen molar-refractivity contribution in [3.63, 3.8) is 0 Å². The van der Waals surface area contributed by atoms with Crippen molar-refractivity contribution in [2.45, 2.75) is 6.92 Å². The summed E-state index contributed by atoms with van der Waals surface area (Å²) in [6.07, 6.45) is 1.64. The Hall–Kier alpha value is -2.14. The van der Waals surface area contributed by atoms with E-state index >= 15 is 0 Å². The summed E-state index contributed by atoms with van der Waals surface area (Å²) in [4.78, 5) is 18.9. The standard InChI is InChI=1S/C12H10ClN3O2/c1-7-2-3-8(6-14-7)15-10-5-4-9(13)11(16-10)12(17)18/h2-6H,1H3,(H,15,16)(H,17,18). The Morgan fingerprint density at radius 1 is 1.33 bits per heavy atom. The number of anilines is 2. The molecule has 0 aliphatic carbocycles. The number of carboxylic acids is 1. The van der Waals surface area contributed by atoms with Crippen LogP contribution < -0.4 is 5.32 Å². The molecule has 92 valence electrons. The molecule has 6 heteroatoms. The summed E-state index contributed by atoms with van der Waals surface area (Å²) in [7, 11) is 0. The maximum absolute atomic E-state index is 10.9. The molecular weight excluding hydrogens is 254 g/mol. The molecule has 0 atom stereocenters. The lowest BCUT2D eigenvalue weighted by atomic mass is 10.3. The first-order valence-electron chi connectivity index (χ1n) is 5.16. The Kier molecular flexibility index (Phi) is 3.43. The Bertz CT molecular complexity index is 584. The van der Waals surface area contributed by atoms with Crippen molar-refractivity contribution in [2.75, 3.05) is 5.32 Å². The summed E-state index contributed by atoms with van der Waals surface area (Å²) in [5, 5.41) is 12.0. The van der Waals surface area contributed by atoms with Gasteiger partial charge in [0, 0.05) is 5.69 Å². The van der Waals surface area contributed by atoms with Gasteiger partial charge < -0.3 is 10.4 Å². The Morgan fingerprint density at radius 3 is 2.72 bits per heavy atom. The average molecular weight is 264 g/mol. The van der Waals surface area contributed by atoms with Gasteiger partial charge in [0.25, 0.3) is 0 Å². The molecule has 0 fully saturated rings. The molecule has 0 aliphatic heterocycles. The molecule has 18 heavy (non-hydrogen) atoms. The molecule has 0 aromatic carbocycles. The van der Waals surface area contributed by atoms with Crippen LogP contribution in [0.15, 0.2) is 30.5 Å². The molecule has 2 rings (SSSR count). The minimum Gasteiger partial charge on any atom is -0.476 e. The molecule has 0 aliphatic rings. The number of hydrogen-bond acceptors (Lipinski definition) is 4. The number of carboxylic acid groups (broad SMARTS) is 1. The summed E-state index contributed by atoms with van der Waals surface area (Å²) in [5.74, 6) is -0.756. The highest BCUT2D eigenvalue weighted by molar-refractivity contribution is 6.33. The second-order valence-corrected chi connectivity index (χ2v) is 4.05. The van der Waals surface area contributed by atoms with E-state index in [1.54, 1.807) is 12.3 Å². The Morgan fingerprint density at radius 2 is 2.11 bits per heavy atom. The molecule has 2 heterocycles. The Labute approximate surface area is 108 Å². The van der Waals surface area contributed by atoms with E-state index in [-0.39, 0.29) is 10.7 Å². The molecule has 2 aromatic rings. The van der Waals surface area contributed by atoms with Crippen LogP contribution in [0.4, 0.5) is 11.5 Å². The van der Waals surface area contributed by atoms with Crippen LogP contribution in [0.25, 0.3) is 0 Å². The first kappa shape index (κ1) is 12.3. The van der Waals surface area contributed by atoms with Crippen LogP contribution in [0, 0.1) is 6.92 Å². The lowest BCUT2D eigenvalue weighted by Crippen LogP contribution is -2.04. The van der Waals surface area contributed by atoms with Gasteiger partial charge in [0.05, 0.1) is 16.9 Å². The van der Waals surface area contributed by atoms with E-state index in [2.05, 4.69) is 15.3 Å². The zero-order valence-corrected chi connectivity index (χ0v) is 10.3. The van der Waals surface area contributed by atoms with Crippen molar-refractivity contribution in [1.82, 2.24) is 9.97 Å². The number of nitrogens with zero attached hydrogens (tertiary/aromatic N) is 2. The molecule has 2 aromatic heterocycles. The van der Waals surface area contributed by atoms with Gasteiger partial charge in [-0.15, -0.1) is 0 Å². The van der Waals surface area contributed by atoms with E-state index in [9.17, 15) is 4.79 Å². The summed E-state index contributed by atoms with van der Waals surface area (Å²) in [6.45, 7) is 1.88. The summed E-state index contributed by atoms with van der Waals surface area (Å²) < 4.78 is 0. The van der Waals surface area contributed by atoms with Crippen molar-refractivity contribution >= 4 is 29.1 Å². The van der Waals surface area contributed by atoms with Crippen molar-refractivity contribution in [3.8, 4) is 0 Å². The normalized spacial score (nSPS) is 10.1. The average Bonchev–Trinajstić information content (AvgIpc) is 2.34. The van der Waals surface area contributed by atoms with Gasteiger partial charge in [-0.25, -0.2) is 9.78 Å². The van der Waals surface area contributed by atoms with E-state index in [4.69, 9.17) is 16.7 Å². The van der Waals surface area contributed by atoms with Crippen LogP contribution >= 0.6 is 11.6 Å². The lowest BCUT2D eigenvalue weighted by Gasteiger charge is -2.06. The molecule has 0 spiro atoms. The fraction of sp³-hybridized carbons (Fsp3) is 0.0833. The van der Waals surface area contributed by atoms with Gasteiger partial charge in [-0.3, -0.25) is 4.98 Å². The van der Waals surface area contributed by atoms with E-state index in [0.717, 1.165) is 11.4 Å². The number of aryl methyl sites for hydroxylation is 1. The highest BCUT2D eigenvalue weighted by Crippen LogP contribution is 2.19. The van der Waals surface area contributed by atoms with Gasteiger partial charge in [0.1, 0.15) is 5.82 Å². The number of rotatable bonds is 3. The first-order valence-corrected chi connectivity index (χ1v) is 5.53. The molecule has 0 unspecified atom stereocenters. The molecule has 0 bridgehead atoms. The summed E-state index contributed by atoms with van der Waals surface area (Å²) in [5.41, 5.74) is 1.45. The van der Waals surface area contributed by atoms with Crippen molar-refractivity contribution < 1.29 is 9.90 Å².